The lowest BCUT2D eigenvalue weighted by Crippen LogP contribution is -2.37. The van der Waals surface area contributed by atoms with Gasteiger partial charge in [0, 0.05) is 36.3 Å². The molecule has 0 radical (unpaired) electrons. The minimum absolute atomic E-state index is 0.310. The van der Waals surface area contributed by atoms with Crippen LogP contribution in [0.1, 0.15) is 18.1 Å². The molecule has 2 rings (SSSR count). The van der Waals surface area contributed by atoms with E-state index < -0.39 is 11.7 Å². The summed E-state index contributed by atoms with van der Waals surface area (Å²) in [4.78, 5) is 1.85. The maximum absolute atomic E-state index is 13.3. The molecule has 0 amide bonds. The lowest BCUT2D eigenvalue weighted by Gasteiger charge is -2.34. The predicted molar refractivity (Wildman–Crippen MR) is 78.3 cm³/mol. The van der Waals surface area contributed by atoms with E-state index >= 15 is 0 Å². The standard InChI is InChI=1S/C14H19F3N2S/c1-10-9-19(5-6-20-10)13-4-3-11(8-18-2)7-12(13)14(15,16)17/h3-4,7,10,18H,5-6,8-9H2,1-2H3. The number of nitrogens with one attached hydrogen (secondary N) is 1. The number of anilines is 1. The van der Waals surface area contributed by atoms with Crippen molar-refractivity contribution in [3.63, 3.8) is 0 Å². The van der Waals surface area contributed by atoms with Gasteiger partial charge >= 0.3 is 6.18 Å². The van der Waals surface area contributed by atoms with Gasteiger partial charge in [-0.05, 0) is 24.7 Å². The fourth-order valence-electron chi connectivity index (χ4n) is 2.44. The third kappa shape index (κ3) is 3.61. The first-order valence-electron chi connectivity index (χ1n) is 6.63. The second kappa shape index (κ2) is 6.26. The summed E-state index contributed by atoms with van der Waals surface area (Å²) in [6.45, 7) is 3.83. The molecule has 1 heterocycles. The largest absolute Gasteiger partial charge is 0.418 e. The Labute approximate surface area is 121 Å². The molecule has 0 saturated carbocycles. The summed E-state index contributed by atoms with van der Waals surface area (Å²) in [6, 6.07) is 4.64. The first kappa shape index (κ1) is 15.5. The number of alkyl halides is 3. The van der Waals surface area contributed by atoms with Gasteiger partial charge in [0.15, 0.2) is 0 Å². The summed E-state index contributed by atoms with van der Waals surface area (Å²) < 4.78 is 39.8. The van der Waals surface area contributed by atoms with Crippen molar-refractivity contribution in [2.75, 3.05) is 30.8 Å². The summed E-state index contributed by atoms with van der Waals surface area (Å²) in [6.07, 6.45) is -4.31. The molecule has 2 nitrogen and oxygen atoms in total. The maximum Gasteiger partial charge on any atom is 0.418 e. The molecular weight excluding hydrogens is 285 g/mol. The van der Waals surface area contributed by atoms with Crippen LogP contribution in [0.5, 0.6) is 0 Å². The molecule has 112 valence electrons. The summed E-state index contributed by atoms with van der Waals surface area (Å²) in [5.74, 6) is 0.872. The highest BCUT2D eigenvalue weighted by atomic mass is 32.2. The van der Waals surface area contributed by atoms with Crippen molar-refractivity contribution in [1.82, 2.24) is 5.32 Å². The average molecular weight is 304 g/mol. The summed E-state index contributed by atoms with van der Waals surface area (Å²) in [5, 5.41) is 3.25. The third-order valence-electron chi connectivity index (χ3n) is 3.33. The van der Waals surface area contributed by atoms with Crippen LogP contribution in [0.2, 0.25) is 0 Å². The number of thioether (sulfide) groups is 1. The minimum Gasteiger partial charge on any atom is -0.369 e. The van der Waals surface area contributed by atoms with E-state index in [1.807, 2.05) is 16.7 Å². The molecule has 1 aromatic rings. The number of rotatable bonds is 3. The Hall–Kier alpha value is -0.880. The summed E-state index contributed by atoms with van der Waals surface area (Å²) in [7, 11) is 1.73. The average Bonchev–Trinajstić information content (AvgIpc) is 2.38. The second-order valence-corrected chi connectivity index (χ2v) is 6.55. The molecule has 1 fully saturated rings. The van der Waals surface area contributed by atoms with Crippen molar-refractivity contribution >= 4 is 17.4 Å². The molecule has 0 bridgehead atoms. The number of hydrogen-bond donors (Lipinski definition) is 1. The van der Waals surface area contributed by atoms with E-state index in [2.05, 4.69) is 12.2 Å². The van der Waals surface area contributed by atoms with Crippen LogP contribution in [0.3, 0.4) is 0 Å². The van der Waals surface area contributed by atoms with Gasteiger partial charge in [-0.2, -0.15) is 24.9 Å². The van der Waals surface area contributed by atoms with Gasteiger partial charge in [0.1, 0.15) is 0 Å². The van der Waals surface area contributed by atoms with Crippen LogP contribution < -0.4 is 10.2 Å². The molecule has 20 heavy (non-hydrogen) atoms. The fourth-order valence-corrected chi connectivity index (χ4v) is 3.45. The van der Waals surface area contributed by atoms with E-state index in [0.29, 0.717) is 36.1 Å². The van der Waals surface area contributed by atoms with E-state index in [4.69, 9.17) is 0 Å². The Morgan fingerprint density at radius 3 is 2.75 bits per heavy atom. The van der Waals surface area contributed by atoms with Crippen LogP contribution in [0.4, 0.5) is 18.9 Å². The lowest BCUT2D eigenvalue weighted by molar-refractivity contribution is -0.137. The first-order valence-corrected chi connectivity index (χ1v) is 7.68. The van der Waals surface area contributed by atoms with Crippen LogP contribution in [0, 0.1) is 0 Å². The normalized spacial score (nSPS) is 20.2. The Morgan fingerprint density at radius 2 is 2.15 bits per heavy atom. The zero-order valence-electron chi connectivity index (χ0n) is 11.6. The van der Waals surface area contributed by atoms with Gasteiger partial charge in [-0.25, -0.2) is 0 Å². The van der Waals surface area contributed by atoms with E-state index in [1.165, 1.54) is 6.07 Å². The number of nitrogens with zero attached hydrogens (tertiary/aromatic N) is 1. The Balaban J connectivity index is 2.36. The van der Waals surface area contributed by atoms with Crippen LogP contribution >= 0.6 is 11.8 Å². The SMILES string of the molecule is CNCc1ccc(N2CCSC(C)C2)c(C(F)(F)F)c1. The van der Waals surface area contributed by atoms with Crippen molar-refractivity contribution in [2.24, 2.45) is 0 Å². The zero-order valence-corrected chi connectivity index (χ0v) is 12.4. The zero-order chi connectivity index (χ0) is 14.8. The van der Waals surface area contributed by atoms with Crippen molar-refractivity contribution in [3.8, 4) is 0 Å². The second-order valence-electron chi connectivity index (χ2n) is 5.01. The molecule has 1 aliphatic rings. The molecule has 0 aliphatic carbocycles. The number of halogens is 3. The van der Waals surface area contributed by atoms with E-state index in [-0.39, 0.29) is 0 Å². The van der Waals surface area contributed by atoms with E-state index in [9.17, 15) is 13.2 Å². The fraction of sp³-hybridized carbons (Fsp3) is 0.571. The minimum atomic E-state index is -4.31. The van der Waals surface area contributed by atoms with Gasteiger partial charge in [-0.15, -0.1) is 0 Å². The van der Waals surface area contributed by atoms with Crippen molar-refractivity contribution in [1.29, 1.82) is 0 Å². The predicted octanol–water partition coefficient (Wildman–Crippen LogP) is 3.37. The topological polar surface area (TPSA) is 15.3 Å². The molecule has 1 atom stereocenters. The number of benzene rings is 1. The van der Waals surface area contributed by atoms with Gasteiger partial charge in [0.2, 0.25) is 0 Å². The Bertz CT molecular complexity index is 462. The summed E-state index contributed by atoms with van der Waals surface area (Å²) >= 11 is 1.81. The Kier molecular flexibility index (Phi) is 4.86. The highest BCUT2D eigenvalue weighted by molar-refractivity contribution is 8.00. The first-order chi connectivity index (χ1) is 9.41. The highest BCUT2D eigenvalue weighted by Gasteiger charge is 2.35. The van der Waals surface area contributed by atoms with Crippen LogP contribution in [0.15, 0.2) is 18.2 Å². The Morgan fingerprint density at radius 1 is 1.40 bits per heavy atom. The van der Waals surface area contributed by atoms with E-state index in [1.54, 1.807) is 19.2 Å². The van der Waals surface area contributed by atoms with Gasteiger partial charge in [-0.1, -0.05) is 13.0 Å². The molecule has 1 aromatic carbocycles. The van der Waals surface area contributed by atoms with Gasteiger partial charge in [-0.3, -0.25) is 0 Å². The molecule has 0 spiro atoms. The molecule has 6 heteroatoms. The summed E-state index contributed by atoms with van der Waals surface area (Å²) in [5.41, 5.74) is 0.442. The van der Waals surface area contributed by atoms with Crippen LogP contribution in [0.25, 0.3) is 0 Å². The molecular formula is C14H19F3N2S. The van der Waals surface area contributed by atoms with E-state index in [0.717, 1.165) is 5.75 Å². The number of hydrogen-bond acceptors (Lipinski definition) is 3. The van der Waals surface area contributed by atoms with Crippen LogP contribution in [-0.2, 0) is 12.7 Å². The van der Waals surface area contributed by atoms with Crippen molar-refractivity contribution in [2.45, 2.75) is 24.9 Å². The molecule has 1 N–H and O–H groups in total. The molecule has 0 aromatic heterocycles. The molecule has 1 saturated heterocycles. The molecule has 1 unspecified atom stereocenters. The van der Waals surface area contributed by atoms with Gasteiger partial charge in [0.25, 0.3) is 0 Å². The smallest absolute Gasteiger partial charge is 0.369 e. The third-order valence-corrected chi connectivity index (χ3v) is 4.47. The van der Waals surface area contributed by atoms with Crippen molar-refractivity contribution < 1.29 is 13.2 Å². The quantitative estimate of drug-likeness (QED) is 0.922. The maximum atomic E-state index is 13.3. The monoisotopic (exact) mass is 304 g/mol. The van der Waals surface area contributed by atoms with Crippen LogP contribution in [-0.4, -0.2) is 31.1 Å². The lowest BCUT2D eigenvalue weighted by atomic mass is 10.1. The highest BCUT2D eigenvalue weighted by Crippen LogP contribution is 2.38. The van der Waals surface area contributed by atoms with Gasteiger partial charge in [0.05, 0.1) is 5.56 Å². The molecule has 1 aliphatic heterocycles. The van der Waals surface area contributed by atoms with Gasteiger partial charge < -0.3 is 10.2 Å². The van der Waals surface area contributed by atoms with Crippen molar-refractivity contribution in [3.05, 3.63) is 29.3 Å².